The Balaban J connectivity index is 1.87. The lowest BCUT2D eigenvalue weighted by Gasteiger charge is -2.33. The largest absolute Gasteiger partial charge is 0.349 e. The van der Waals surface area contributed by atoms with Crippen molar-refractivity contribution in [3.8, 4) is 0 Å². The van der Waals surface area contributed by atoms with Crippen LogP contribution in [0.2, 0.25) is 0 Å². The van der Waals surface area contributed by atoms with E-state index in [-0.39, 0.29) is 17.1 Å². The highest BCUT2D eigenvalue weighted by Gasteiger charge is 2.27. The highest BCUT2D eigenvalue weighted by atomic mass is 16.5. The number of nitrogens with one attached hydrogen (secondary N) is 2. The number of piperidine rings is 1. The minimum absolute atomic E-state index is 0.111. The molecule has 1 aromatic rings. The molecule has 0 bridgehead atoms. The van der Waals surface area contributed by atoms with Crippen molar-refractivity contribution in [2.24, 2.45) is 5.41 Å². The van der Waals surface area contributed by atoms with Crippen LogP contribution in [0.4, 0.5) is 0 Å². The first-order valence-corrected chi connectivity index (χ1v) is 5.88. The maximum atomic E-state index is 11.7. The molecule has 1 amide bonds. The zero-order chi connectivity index (χ0) is 12.3. The van der Waals surface area contributed by atoms with Gasteiger partial charge in [0.05, 0.1) is 0 Å². The first-order chi connectivity index (χ1) is 8.09. The number of nitrogens with zero attached hydrogens (tertiary/aromatic N) is 2. The number of amides is 1. The van der Waals surface area contributed by atoms with Crippen molar-refractivity contribution < 1.29 is 9.32 Å². The van der Waals surface area contributed by atoms with E-state index in [0.29, 0.717) is 12.4 Å². The monoisotopic (exact) mass is 238 g/mol. The quantitative estimate of drug-likeness (QED) is 0.801. The van der Waals surface area contributed by atoms with Crippen LogP contribution in [0.5, 0.6) is 0 Å². The van der Waals surface area contributed by atoms with Crippen LogP contribution in [0.25, 0.3) is 0 Å². The van der Waals surface area contributed by atoms with E-state index >= 15 is 0 Å². The van der Waals surface area contributed by atoms with Gasteiger partial charge >= 0.3 is 0 Å². The van der Waals surface area contributed by atoms with Crippen LogP contribution < -0.4 is 10.6 Å². The van der Waals surface area contributed by atoms with Crippen LogP contribution in [0.3, 0.4) is 0 Å². The van der Waals surface area contributed by atoms with Crippen LogP contribution in [-0.2, 0) is 0 Å². The normalized spacial score (nSPS) is 18.9. The molecule has 6 nitrogen and oxygen atoms in total. The number of hydrogen-bond acceptors (Lipinski definition) is 5. The van der Waals surface area contributed by atoms with E-state index in [9.17, 15) is 4.79 Å². The predicted octanol–water partition coefficient (Wildman–Crippen LogP) is 0.498. The first-order valence-electron chi connectivity index (χ1n) is 5.88. The highest BCUT2D eigenvalue weighted by Crippen LogP contribution is 2.26. The number of hydrogen-bond donors (Lipinski definition) is 2. The van der Waals surface area contributed by atoms with Crippen molar-refractivity contribution in [2.45, 2.75) is 26.7 Å². The van der Waals surface area contributed by atoms with Gasteiger partial charge in [0.1, 0.15) is 0 Å². The van der Waals surface area contributed by atoms with Gasteiger partial charge in [0.25, 0.3) is 11.7 Å². The minimum atomic E-state index is -0.262. The average Bonchev–Trinajstić information content (AvgIpc) is 2.74. The number of aryl methyl sites for hydroxylation is 1. The van der Waals surface area contributed by atoms with Gasteiger partial charge in [0.2, 0.25) is 5.89 Å². The van der Waals surface area contributed by atoms with Crippen molar-refractivity contribution in [1.29, 1.82) is 0 Å². The summed E-state index contributed by atoms with van der Waals surface area (Å²) < 4.78 is 4.77. The number of carbonyl (C=O) groups excluding carboxylic acids is 1. The van der Waals surface area contributed by atoms with Gasteiger partial charge < -0.3 is 15.2 Å². The Morgan fingerprint density at radius 2 is 2.24 bits per heavy atom. The molecule has 6 heteroatoms. The number of rotatable bonds is 3. The van der Waals surface area contributed by atoms with E-state index in [2.05, 4.69) is 27.7 Å². The molecule has 1 saturated heterocycles. The van der Waals surface area contributed by atoms with Gasteiger partial charge in [-0.15, -0.1) is 0 Å². The summed E-state index contributed by atoms with van der Waals surface area (Å²) in [6.45, 7) is 6.52. The predicted molar refractivity (Wildman–Crippen MR) is 61.6 cm³/mol. The molecule has 0 atom stereocenters. The molecule has 17 heavy (non-hydrogen) atoms. The lowest BCUT2D eigenvalue weighted by molar-refractivity contribution is 0.0909. The van der Waals surface area contributed by atoms with E-state index in [1.165, 1.54) is 0 Å². The second-order valence-electron chi connectivity index (χ2n) is 4.88. The Kier molecular flexibility index (Phi) is 3.42. The Hall–Kier alpha value is -1.43. The SMILES string of the molecule is Cc1nc(C(=O)NCC2(C)CCNCC2)no1. The van der Waals surface area contributed by atoms with Crippen LogP contribution in [0.15, 0.2) is 4.52 Å². The molecule has 0 spiro atoms. The van der Waals surface area contributed by atoms with E-state index in [0.717, 1.165) is 25.9 Å². The molecule has 2 rings (SSSR count). The second-order valence-corrected chi connectivity index (χ2v) is 4.88. The molecule has 2 heterocycles. The zero-order valence-electron chi connectivity index (χ0n) is 10.2. The fraction of sp³-hybridized carbons (Fsp3) is 0.727. The number of aromatic nitrogens is 2. The summed E-state index contributed by atoms with van der Waals surface area (Å²) in [5.74, 6) is 0.255. The Morgan fingerprint density at radius 1 is 1.53 bits per heavy atom. The first kappa shape index (κ1) is 12.0. The molecule has 0 aromatic carbocycles. The van der Waals surface area contributed by atoms with Crippen molar-refractivity contribution in [3.05, 3.63) is 11.7 Å². The lowest BCUT2D eigenvalue weighted by Crippen LogP contribution is -2.43. The molecule has 1 aliphatic heterocycles. The van der Waals surface area contributed by atoms with Gasteiger partial charge in [-0.1, -0.05) is 12.1 Å². The molecule has 94 valence electrons. The summed E-state index contributed by atoms with van der Waals surface area (Å²) in [6.07, 6.45) is 2.14. The third-order valence-electron chi connectivity index (χ3n) is 3.22. The molecule has 0 radical (unpaired) electrons. The van der Waals surface area contributed by atoms with Crippen molar-refractivity contribution in [3.63, 3.8) is 0 Å². The molecule has 1 aromatic heterocycles. The van der Waals surface area contributed by atoms with E-state index < -0.39 is 0 Å². The molecule has 0 aliphatic carbocycles. The fourth-order valence-electron chi connectivity index (χ4n) is 1.97. The standard InChI is InChI=1S/C11H18N4O2/c1-8-14-9(15-17-8)10(16)13-7-11(2)3-5-12-6-4-11/h12H,3-7H2,1-2H3,(H,13,16). The van der Waals surface area contributed by atoms with Crippen LogP contribution >= 0.6 is 0 Å². The minimum Gasteiger partial charge on any atom is -0.349 e. The molecule has 1 fully saturated rings. The van der Waals surface area contributed by atoms with Crippen LogP contribution in [0, 0.1) is 12.3 Å². The third kappa shape index (κ3) is 3.03. The van der Waals surface area contributed by atoms with Crippen molar-refractivity contribution in [2.75, 3.05) is 19.6 Å². The maximum absolute atomic E-state index is 11.7. The average molecular weight is 238 g/mol. The van der Waals surface area contributed by atoms with Gasteiger partial charge in [-0.05, 0) is 31.3 Å². The summed E-state index contributed by atoms with van der Waals surface area (Å²) in [4.78, 5) is 15.6. The van der Waals surface area contributed by atoms with Crippen molar-refractivity contribution >= 4 is 5.91 Å². The smallest absolute Gasteiger partial charge is 0.292 e. The molecule has 2 N–H and O–H groups in total. The summed E-state index contributed by atoms with van der Waals surface area (Å²) >= 11 is 0. The van der Waals surface area contributed by atoms with Crippen LogP contribution in [-0.4, -0.2) is 35.7 Å². The third-order valence-corrected chi connectivity index (χ3v) is 3.22. The van der Waals surface area contributed by atoms with E-state index in [4.69, 9.17) is 4.52 Å². The number of carbonyl (C=O) groups is 1. The van der Waals surface area contributed by atoms with Gasteiger partial charge in [0.15, 0.2) is 0 Å². The molecular weight excluding hydrogens is 220 g/mol. The van der Waals surface area contributed by atoms with Crippen molar-refractivity contribution in [1.82, 2.24) is 20.8 Å². The zero-order valence-corrected chi connectivity index (χ0v) is 10.2. The molecule has 0 saturated carbocycles. The van der Waals surface area contributed by atoms with Gasteiger partial charge in [-0.2, -0.15) is 4.98 Å². The highest BCUT2D eigenvalue weighted by molar-refractivity contribution is 5.90. The summed E-state index contributed by atoms with van der Waals surface area (Å²) in [6, 6.07) is 0. The fourth-order valence-corrected chi connectivity index (χ4v) is 1.97. The van der Waals surface area contributed by atoms with Gasteiger partial charge in [0, 0.05) is 13.5 Å². The van der Waals surface area contributed by atoms with Crippen LogP contribution in [0.1, 0.15) is 36.3 Å². The van der Waals surface area contributed by atoms with Gasteiger partial charge in [-0.3, -0.25) is 4.79 Å². The van der Waals surface area contributed by atoms with E-state index in [1.54, 1.807) is 6.92 Å². The molecule has 1 aliphatic rings. The Bertz CT molecular complexity index is 396. The molecular formula is C11H18N4O2. The van der Waals surface area contributed by atoms with Gasteiger partial charge in [-0.25, -0.2) is 0 Å². The Labute approximate surface area is 100 Å². The van der Waals surface area contributed by atoms with E-state index in [1.807, 2.05) is 0 Å². The second kappa shape index (κ2) is 4.83. The summed E-state index contributed by atoms with van der Waals surface area (Å²) in [5, 5.41) is 9.77. The topological polar surface area (TPSA) is 80.0 Å². The lowest BCUT2D eigenvalue weighted by atomic mass is 9.81. The maximum Gasteiger partial charge on any atom is 0.292 e. The summed E-state index contributed by atoms with van der Waals surface area (Å²) in [7, 11) is 0. The molecule has 0 unspecified atom stereocenters. The summed E-state index contributed by atoms with van der Waals surface area (Å²) in [5.41, 5.74) is 0.166. The Morgan fingerprint density at radius 3 is 2.82 bits per heavy atom.